The third-order valence-electron chi connectivity index (χ3n) is 3.84. The monoisotopic (exact) mass is 436 g/mol. The molecule has 0 saturated carbocycles. The molecule has 6 nitrogen and oxygen atoms in total. The highest BCUT2D eigenvalue weighted by Gasteiger charge is 2.24. The fourth-order valence-electron chi connectivity index (χ4n) is 2.50. The second-order valence-electron chi connectivity index (χ2n) is 8.98. The van der Waals surface area contributed by atoms with Crippen molar-refractivity contribution in [3.05, 3.63) is 67.8 Å². The lowest BCUT2D eigenvalue weighted by molar-refractivity contribution is -0.386. The molecule has 0 aliphatic rings. The Kier molecular flexibility index (Phi) is 6.66. The summed E-state index contributed by atoms with van der Waals surface area (Å²) in [6.45, 7) is 12.5. The second kappa shape index (κ2) is 8.66. The summed E-state index contributed by atoms with van der Waals surface area (Å²) in [5.41, 5.74) is 7.35. The van der Waals surface area contributed by atoms with Gasteiger partial charge in [0, 0.05) is 23.3 Å². The fourth-order valence-corrected chi connectivity index (χ4v) is 3.53. The first kappa shape index (κ1) is 23.1. The largest absolute Gasteiger partial charge is 0.278 e. The standard InChI is InChI=1S/C22H24N2O4Si2/c1-29(2,3)13-11-17-7-9-19(21(15-17)23(25)26)20-10-8-18(12-14-30(4,5)6)16-22(20)24(27)28/h7-10,15-16H,1-6H3. The number of hydrogen-bond donors (Lipinski definition) is 0. The predicted octanol–water partition coefficient (Wildman–Crippen LogP) is 5.63. The van der Waals surface area contributed by atoms with Crippen molar-refractivity contribution >= 4 is 27.5 Å². The van der Waals surface area contributed by atoms with Crippen LogP contribution >= 0.6 is 0 Å². The Morgan fingerprint density at radius 1 is 0.667 bits per heavy atom. The van der Waals surface area contributed by atoms with E-state index in [0.717, 1.165) is 0 Å². The smallest absolute Gasteiger partial charge is 0.258 e. The lowest BCUT2D eigenvalue weighted by Gasteiger charge is -2.07. The molecule has 0 saturated heterocycles. The lowest BCUT2D eigenvalue weighted by atomic mass is 9.98. The molecule has 0 aliphatic heterocycles. The highest BCUT2D eigenvalue weighted by molar-refractivity contribution is 6.84. The van der Waals surface area contributed by atoms with Crippen LogP contribution in [0, 0.1) is 43.2 Å². The first-order chi connectivity index (χ1) is 13.8. The van der Waals surface area contributed by atoms with Gasteiger partial charge in [0.25, 0.3) is 11.4 Å². The number of nitrogens with zero attached hydrogens (tertiary/aromatic N) is 2. The van der Waals surface area contributed by atoms with Crippen LogP contribution < -0.4 is 0 Å². The van der Waals surface area contributed by atoms with Crippen molar-refractivity contribution in [2.45, 2.75) is 39.3 Å². The van der Waals surface area contributed by atoms with Crippen LogP contribution in [0.4, 0.5) is 11.4 Å². The minimum Gasteiger partial charge on any atom is -0.258 e. The van der Waals surface area contributed by atoms with Crippen molar-refractivity contribution in [1.29, 1.82) is 0 Å². The van der Waals surface area contributed by atoms with Crippen molar-refractivity contribution in [3.63, 3.8) is 0 Å². The van der Waals surface area contributed by atoms with E-state index in [-0.39, 0.29) is 22.5 Å². The number of nitro benzene ring substituents is 2. The predicted molar refractivity (Wildman–Crippen MR) is 126 cm³/mol. The molecule has 8 heteroatoms. The van der Waals surface area contributed by atoms with Gasteiger partial charge >= 0.3 is 0 Å². The zero-order valence-electron chi connectivity index (χ0n) is 18.0. The number of hydrogen-bond acceptors (Lipinski definition) is 4. The number of rotatable bonds is 3. The Morgan fingerprint density at radius 2 is 1.00 bits per heavy atom. The van der Waals surface area contributed by atoms with Gasteiger partial charge in [-0.1, -0.05) is 51.1 Å². The van der Waals surface area contributed by atoms with Gasteiger partial charge in [-0.25, -0.2) is 0 Å². The maximum atomic E-state index is 11.7. The van der Waals surface area contributed by atoms with Crippen molar-refractivity contribution in [1.82, 2.24) is 0 Å². The summed E-state index contributed by atoms with van der Waals surface area (Å²) >= 11 is 0. The van der Waals surface area contributed by atoms with E-state index in [4.69, 9.17) is 0 Å². The summed E-state index contributed by atoms with van der Waals surface area (Å²) in [6, 6.07) is 9.15. The van der Waals surface area contributed by atoms with E-state index in [0.29, 0.717) is 11.1 Å². The second-order valence-corrected chi connectivity index (χ2v) is 18.5. The molecule has 0 aromatic heterocycles. The molecular weight excluding hydrogens is 412 g/mol. The lowest BCUT2D eigenvalue weighted by Crippen LogP contribution is -2.16. The molecule has 0 heterocycles. The average Bonchev–Trinajstić information content (AvgIpc) is 2.63. The van der Waals surface area contributed by atoms with Gasteiger partial charge in [0.2, 0.25) is 0 Å². The molecule has 0 spiro atoms. The Morgan fingerprint density at radius 3 is 1.27 bits per heavy atom. The Balaban J connectivity index is 2.64. The third-order valence-corrected chi connectivity index (χ3v) is 5.59. The molecule has 0 amide bonds. The molecule has 2 rings (SSSR count). The molecular formula is C22H24N2O4Si2. The maximum absolute atomic E-state index is 11.7. The van der Waals surface area contributed by atoms with E-state index in [1.165, 1.54) is 24.3 Å². The summed E-state index contributed by atoms with van der Waals surface area (Å²) in [6.07, 6.45) is 0. The van der Waals surface area contributed by atoms with Crippen LogP contribution in [-0.4, -0.2) is 26.0 Å². The van der Waals surface area contributed by atoms with Gasteiger partial charge < -0.3 is 0 Å². The van der Waals surface area contributed by atoms with Gasteiger partial charge in [0.1, 0.15) is 16.1 Å². The van der Waals surface area contributed by atoms with Gasteiger partial charge in [0.05, 0.1) is 21.0 Å². The third kappa shape index (κ3) is 6.41. The molecule has 0 radical (unpaired) electrons. The molecule has 0 bridgehead atoms. The van der Waals surface area contributed by atoms with Gasteiger partial charge in [0.15, 0.2) is 0 Å². The molecule has 0 atom stereocenters. The average molecular weight is 437 g/mol. The van der Waals surface area contributed by atoms with E-state index in [2.05, 4.69) is 62.2 Å². The van der Waals surface area contributed by atoms with Crippen molar-refractivity contribution in [2.75, 3.05) is 0 Å². The molecule has 0 fully saturated rings. The fraction of sp³-hybridized carbons (Fsp3) is 0.273. The summed E-state index contributed by atoms with van der Waals surface area (Å²) in [5.74, 6) is 5.99. The molecule has 30 heavy (non-hydrogen) atoms. The molecule has 2 aromatic carbocycles. The highest BCUT2D eigenvalue weighted by atomic mass is 28.3. The first-order valence-electron chi connectivity index (χ1n) is 9.40. The van der Waals surface area contributed by atoms with Gasteiger partial charge in [-0.3, -0.25) is 20.2 Å². The van der Waals surface area contributed by atoms with Crippen LogP contribution in [0.2, 0.25) is 39.3 Å². The zero-order chi connectivity index (χ0) is 22.7. The summed E-state index contributed by atoms with van der Waals surface area (Å²) < 4.78 is 0. The van der Waals surface area contributed by atoms with Crippen LogP contribution in [0.1, 0.15) is 11.1 Å². The van der Waals surface area contributed by atoms with Crippen molar-refractivity contribution in [2.24, 2.45) is 0 Å². The van der Waals surface area contributed by atoms with Gasteiger partial charge in [-0.2, -0.15) is 0 Å². The van der Waals surface area contributed by atoms with E-state index in [9.17, 15) is 20.2 Å². The molecule has 0 aliphatic carbocycles. The first-order valence-corrected chi connectivity index (χ1v) is 16.4. The normalized spacial score (nSPS) is 11.0. The van der Waals surface area contributed by atoms with Crippen molar-refractivity contribution in [3.8, 4) is 34.1 Å². The quantitative estimate of drug-likeness (QED) is 0.270. The summed E-state index contributed by atoms with van der Waals surface area (Å²) in [5, 5.41) is 23.4. The zero-order valence-corrected chi connectivity index (χ0v) is 20.0. The molecule has 2 aromatic rings. The SMILES string of the molecule is C[Si](C)(C)C#Cc1ccc(-c2ccc(C#C[Si](C)(C)C)cc2[N+](=O)[O-])c([N+](=O)[O-])c1. The molecule has 154 valence electrons. The minimum absolute atomic E-state index is 0.190. The molecule has 0 unspecified atom stereocenters. The van der Waals surface area contributed by atoms with E-state index in [1.807, 2.05) is 0 Å². The van der Waals surface area contributed by atoms with Crippen LogP contribution in [0.15, 0.2) is 36.4 Å². The van der Waals surface area contributed by atoms with Gasteiger partial charge in [-0.15, -0.1) is 11.1 Å². The maximum Gasteiger partial charge on any atom is 0.278 e. The topological polar surface area (TPSA) is 86.3 Å². The number of benzene rings is 2. The number of nitro groups is 2. The Bertz CT molecular complexity index is 1050. The summed E-state index contributed by atoms with van der Waals surface area (Å²) in [7, 11) is -3.29. The minimum atomic E-state index is -1.64. The Hall–Kier alpha value is -3.21. The van der Waals surface area contributed by atoms with Crippen LogP contribution in [0.3, 0.4) is 0 Å². The summed E-state index contributed by atoms with van der Waals surface area (Å²) in [4.78, 5) is 22.3. The van der Waals surface area contributed by atoms with E-state index < -0.39 is 26.0 Å². The van der Waals surface area contributed by atoms with Gasteiger partial charge in [-0.05, 0) is 24.3 Å². The van der Waals surface area contributed by atoms with E-state index >= 15 is 0 Å². The van der Waals surface area contributed by atoms with Crippen LogP contribution in [0.5, 0.6) is 0 Å². The Labute approximate surface area is 178 Å². The highest BCUT2D eigenvalue weighted by Crippen LogP contribution is 2.37. The van der Waals surface area contributed by atoms with Crippen molar-refractivity contribution < 1.29 is 9.85 Å². The molecule has 0 N–H and O–H groups in total. The van der Waals surface area contributed by atoms with E-state index in [1.54, 1.807) is 12.1 Å². The van der Waals surface area contributed by atoms with Crippen LogP contribution in [0.25, 0.3) is 11.1 Å². The van der Waals surface area contributed by atoms with Crippen LogP contribution in [-0.2, 0) is 0 Å².